The summed E-state index contributed by atoms with van der Waals surface area (Å²) < 4.78 is 0. The zero-order valence-electron chi connectivity index (χ0n) is 13.8. The second-order valence-corrected chi connectivity index (χ2v) is 6.52. The van der Waals surface area contributed by atoms with Crippen LogP contribution in [0.25, 0.3) is 0 Å². The number of nitrogens with zero attached hydrogens (tertiary/aromatic N) is 1. The highest BCUT2D eigenvalue weighted by Gasteiger charge is 2.19. The first kappa shape index (κ1) is 17.9. The van der Waals surface area contributed by atoms with Gasteiger partial charge in [0, 0.05) is 23.0 Å². The van der Waals surface area contributed by atoms with E-state index in [9.17, 15) is 14.4 Å². The Morgan fingerprint density at radius 3 is 2.50 bits per heavy atom. The molecule has 1 aromatic heterocycles. The van der Waals surface area contributed by atoms with Gasteiger partial charge in [0.05, 0.1) is 5.25 Å². The van der Waals surface area contributed by atoms with Crippen LogP contribution in [-0.4, -0.2) is 26.9 Å². The van der Waals surface area contributed by atoms with Crippen molar-refractivity contribution in [1.82, 2.24) is 9.97 Å². The molecular weight excluding hydrogens is 326 g/mol. The summed E-state index contributed by atoms with van der Waals surface area (Å²) in [5, 5.41) is 2.86. The maximum absolute atomic E-state index is 12.4. The number of nitrogens with one attached hydrogen (secondary N) is 2. The lowest BCUT2D eigenvalue weighted by atomic mass is 10.1. The van der Waals surface area contributed by atoms with Crippen molar-refractivity contribution in [3.05, 3.63) is 51.9 Å². The van der Waals surface area contributed by atoms with E-state index in [4.69, 9.17) is 0 Å². The van der Waals surface area contributed by atoms with Gasteiger partial charge in [-0.05, 0) is 44.5 Å². The molecule has 2 aromatic rings. The first-order valence-electron chi connectivity index (χ1n) is 7.55. The molecule has 7 heteroatoms. The van der Waals surface area contributed by atoms with Gasteiger partial charge in [-0.25, -0.2) is 4.98 Å². The molecule has 0 radical (unpaired) electrons. The van der Waals surface area contributed by atoms with Crippen LogP contribution in [0.3, 0.4) is 0 Å². The molecule has 126 valence electrons. The third kappa shape index (κ3) is 4.79. The quantitative estimate of drug-likeness (QED) is 0.477. The van der Waals surface area contributed by atoms with E-state index in [-0.39, 0.29) is 22.5 Å². The van der Waals surface area contributed by atoms with Gasteiger partial charge in [0.15, 0.2) is 10.9 Å². The monoisotopic (exact) mass is 345 g/mol. The third-order valence-corrected chi connectivity index (χ3v) is 4.57. The number of aryl methyl sites for hydroxylation is 1. The van der Waals surface area contributed by atoms with E-state index in [1.807, 2.05) is 6.92 Å². The zero-order valence-corrected chi connectivity index (χ0v) is 14.6. The molecule has 0 spiro atoms. The van der Waals surface area contributed by atoms with Gasteiger partial charge in [0.25, 0.3) is 5.56 Å². The summed E-state index contributed by atoms with van der Waals surface area (Å²) in [6.07, 6.45) is 0.583. The predicted octanol–water partition coefficient (Wildman–Crippen LogP) is 2.79. The van der Waals surface area contributed by atoms with Crippen LogP contribution in [0, 0.1) is 6.92 Å². The molecule has 0 saturated heterocycles. The summed E-state index contributed by atoms with van der Waals surface area (Å²) in [5.41, 5.74) is 1.59. The van der Waals surface area contributed by atoms with Gasteiger partial charge >= 0.3 is 0 Å². The van der Waals surface area contributed by atoms with Crippen molar-refractivity contribution in [3.63, 3.8) is 0 Å². The van der Waals surface area contributed by atoms with E-state index in [1.165, 1.54) is 24.8 Å². The van der Waals surface area contributed by atoms with Crippen LogP contribution in [0.1, 0.15) is 36.3 Å². The summed E-state index contributed by atoms with van der Waals surface area (Å²) in [4.78, 5) is 42.0. The molecule has 1 unspecified atom stereocenters. The molecule has 0 aliphatic rings. The number of aromatic nitrogens is 2. The van der Waals surface area contributed by atoms with E-state index in [0.29, 0.717) is 28.5 Å². The van der Waals surface area contributed by atoms with Crippen LogP contribution >= 0.6 is 11.8 Å². The summed E-state index contributed by atoms with van der Waals surface area (Å²) in [6.45, 7) is 5.12. The molecule has 1 amide bonds. The van der Waals surface area contributed by atoms with E-state index in [0.717, 1.165) is 0 Å². The Bertz CT molecular complexity index is 799. The molecular formula is C17H19N3O3S. The Hall–Kier alpha value is -2.41. The fourth-order valence-electron chi connectivity index (χ4n) is 2.08. The number of H-pyrrole nitrogens is 1. The van der Waals surface area contributed by atoms with Crippen LogP contribution in [0.2, 0.25) is 0 Å². The van der Waals surface area contributed by atoms with E-state index in [1.54, 1.807) is 31.2 Å². The van der Waals surface area contributed by atoms with Crippen molar-refractivity contribution >= 4 is 29.1 Å². The van der Waals surface area contributed by atoms with Gasteiger partial charge < -0.3 is 10.3 Å². The SMILES string of the molecule is CCC(Sc1nc(C)cc(=O)[nH]1)C(=O)Nc1ccc(C(C)=O)cc1. The molecule has 1 heterocycles. The average molecular weight is 345 g/mol. The Morgan fingerprint density at radius 2 is 1.96 bits per heavy atom. The molecule has 0 fully saturated rings. The van der Waals surface area contributed by atoms with Crippen molar-refractivity contribution in [3.8, 4) is 0 Å². The van der Waals surface area contributed by atoms with Gasteiger partial charge in [-0.3, -0.25) is 14.4 Å². The molecule has 0 bridgehead atoms. The van der Waals surface area contributed by atoms with Gasteiger partial charge in [-0.1, -0.05) is 18.7 Å². The number of ketones is 1. The topological polar surface area (TPSA) is 91.9 Å². The second-order valence-electron chi connectivity index (χ2n) is 5.33. The first-order chi connectivity index (χ1) is 11.4. The number of hydrogen-bond donors (Lipinski definition) is 2. The number of amides is 1. The lowest BCUT2D eigenvalue weighted by Crippen LogP contribution is -2.25. The van der Waals surface area contributed by atoms with Crippen LogP contribution < -0.4 is 10.9 Å². The number of thioether (sulfide) groups is 1. The number of hydrogen-bond acceptors (Lipinski definition) is 5. The number of rotatable bonds is 6. The smallest absolute Gasteiger partial charge is 0.251 e. The first-order valence-corrected chi connectivity index (χ1v) is 8.43. The molecule has 0 saturated carbocycles. The van der Waals surface area contributed by atoms with Gasteiger partial charge in [-0.2, -0.15) is 0 Å². The molecule has 24 heavy (non-hydrogen) atoms. The lowest BCUT2D eigenvalue weighted by molar-refractivity contribution is -0.115. The van der Waals surface area contributed by atoms with Crippen molar-refractivity contribution in [2.45, 2.75) is 37.6 Å². The maximum Gasteiger partial charge on any atom is 0.251 e. The van der Waals surface area contributed by atoms with Crippen molar-refractivity contribution in [2.24, 2.45) is 0 Å². The maximum atomic E-state index is 12.4. The fraction of sp³-hybridized carbons (Fsp3) is 0.294. The van der Waals surface area contributed by atoms with Crippen molar-refractivity contribution in [1.29, 1.82) is 0 Å². The summed E-state index contributed by atoms with van der Waals surface area (Å²) in [6, 6.07) is 8.14. The highest BCUT2D eigenvalue weighted by molar-refractivity contribution is 8.00. The Balaban J connectivity index is 2.08. The molecule has 0 aliphatic carbocycles. The van der Waals surface area contributed by atoms with Gasteiger partial charge in [0.2, 0.25) is 5.91 Å². The Kier molecular flexibility index (Phi) is 5.92. The molecule has 0 aliphatic heterocycles. The molecule has 1 atom stereocenters. The van der Waals surface area contributed by atoms with E-state index >= 15 is 0 Å². The minimum Gasteiger partial charge on any atom is -0.325 e. The highest BCUT2D eigenvalue weighted by atomic mass is 32.2. The summed E-state index contributed by atoms with van der Waals surface area (Å²) >= 11 is 1.22. The largest absolute Gasteiger partial charge is 0.325 e. The van der Waals surface area contributed by atoms with Crippen molar-refractivity contribution in [2.75, 3.05) is 5.32 Å². The standard InChI is InChI=1S/C17H19N3O3S/c1-4-14(24-17-18-10(2)9-15(22)20-17)16(23)19-13-7-5-12(6-8-13)11(3)21/h5-9,14H,4H2,1-3H3,(H,19,23)(H,18,20,22). The number of anilines is 1. The fourth-order valence-corrected chi connectivity index (χ4v) is 3.03. The average Bonchev–Trinajstić information content (AvgIpc) is 2.52. The summed E-state index contributed by atoms with van der Waals surface area (Å²) in [7, 11) is 0. The molecule has 2 N–H and O–H groups in total. The minimum atomic E-state index is -0.387. The minimum absolute atomic E-state index is 0.0238. The van der Waals surface area contributed by atoms with Crippen LogP contribution in [-0.2, 0) is 4.79 Å². The number of Topliss-reactive ketones (excluding diaryl/α,β-unsaturated/α-hetero) is 1. The van der Waals surface area contributed by atoms with Gasteiger partial charge in [-0.15, -0.1) is 0 Å². The van der Waals surface area contributed by atoms with Crippen LogP contribution in [0.15, 0.2) is 40.3 Å². The third-order valence-electron chi connectivity index (χ3n) is 3.32. The number of aromatic amines is 1. The lowest BCUT2D eigenvalue weighted by Gasteiger charge is -2.14. The van der Waals surface area contributed by atoms with E-state index in [2.05, 4.69) is 15.3 Å². The Morgan fingerprint density at radius 1 is 1.29 bits per heavy atom. The predicted molar refractivity (Wildman–Crippen MR) is 94.6 cm³/mol. The molecule has 6 nitrogen and oxygen atoms in total. The Labute approximate surface area is 144 Å². The van der Waals surface area contributed by atoms with E-state index < -0.39 is 0 Å². The molecule has 2 rings (SSSR count). The second kappa shape index (κ2) is 7.92. The van der Waals surface area contributed by atoms with Crippen molar-refractivity contribution < 1.29 is 9.59 Å². The number of carbonyl (C=O) groups is 2. The number of carbonyl (C=O) groups excluding carboxylic acids is 2. The zero-order chi connectivity index (χ0) is 17.7. The number of benzene rings is 1. The van der Waals surface area contributed by atoms with Crippen LogP contribution in [0.5, 0.6) is 0 Å². The normalized spacial score (nSPS) is 11.8. The van der Waals surface area contributed by atoms with Gasteiger partial charge in [0.1, 0.15) is 0 Å². The highest BCUT2D eigenvalue weighted by Crippen LogP contribution is 2.23. The van der Waals surface area contributed by atoms with Crippen LogP contribution in [0.4, 0.5) is 5.69 Å². The molecule has 1 aromatic carbocycles. The summed E-state index contributed by atoms with van der Waals surface area (Å²) in [5.74, 6) is -0.202.